The van der Waals surface area contributed by atoms with Crippen LogP contribution < -0.4 is 0 Å². The number of nitrogens with zero attached hydrogens (tertiary/aromatic N) is 3. The van der Waals surface area contributed by atoms with Gasteiger partial charge in [-0.25, -0.2) is 9.97 Å². The van der Waals surface area contributed by atoms with Gasteiger partial charge in [-0.05, 0) is 62.0 Å². The summed E-state index contributed by atoms with van der Waals surface area (Å²) in [7, 11) is 0. The average molecular weight is 416 g/mol. The Morgan fingerprint density at radius 2 is 1.68 bits per heavy atom. The molecule has 0 atom stereocenters. The molecular formula is C26H29N3O2. The number of piperidine rings is 1. The highest BCUT2D eigenvalue weighted by Crippen LogP contribution is 2.22. The normalized spacial score (nSPS) is 15.2. The van der Waals surface area contributed by atoms with E-state index in [1.165, 1.54) is 22.3 Å². The largest absolute Gasteiger partial charge is 0.481 e. The van der Waals surface area contributed by atoms with Crippen LogP contribution in [0.4, 0.5) is 0 Å². The van der Waals surface area contributed by atoms with E-state index in [1.807, 2.05) is 12.4 Å². The number of rotatable bonds is 6. The number of hydrogen-bond acceptors (Lipinski definition) is 4. The fourth-order valence-electron chi connectivity index (χ4n) is 4.15. The van der Waals surface area contributed by atoms with Crippen molar-refractivity contribution in [1.82, 2.24) is 14.9 Å². The molecule has 5 heteroatoms. The SMILES string of the molecule is Cc1ccc(-c2cnc(Cc3ccc(CN4CCC(C(=O)O)CC4)c(C)c3)nc2)cc1. The predicted molar refractivity (Wildman–Crippen MR) is 122 cm³/mol. The molecule has 31 heavy (non-hydrogen) atoms. The topological polar surface area (TPSA) is 66.3 Å². The fraction of sp³-hybridized carbons (Fsp3) is 0.346. The highest BCUT2D eigenvalue weighted by Gasteiger charge is 2.24. The summed E-state index contributed by atoms with van der Waals surface area (Å²) in [6.45, 7) is 6.79. The van der Waals surface area contributed by atoms with Crippen molar-refractivity contribution in [3.05, 3.63) is 82.9 Å². The maximum Gasteiger partial charge on any atom is 0.306 e. The Labute approximate surface area is 183 Å². The van der Waals surface area contributed by atoms with Crippen molar-refractivity contribution in [2.75, 3.05) is 13.1 Å². The summed E-state index contributed by atoms with van der Waals surface area (Å²) >= 11 is 0. The Morgan fingerprint density at radius 3 is 2.29 bits per heavy atom. The zero-order valence-electron chi connectivity index (χ0n) is 18.2. The third kappa shape index (κ3) is 5.36. The van der Waals surface area contributed by atoms with E-state index >= 15 is 0 Å². The summed E-state index contributed by atoms with van der Waals surface area (Å²) in [6.07, 6.45) is 5.98. The van der Waals surface area contributed by atoms with E-state index in [-0.39, 0.29) is 5.92 Å². The molecule has 4 rings (SSSR count). The van der Waals surface area contributed by atoms with Crippen LogP contribution in [0.2, 0.25) is 0 Å². The zero-order valence-corrected chi connectivity index (χ0v) is 18.2. The lowest BCUT2D eigenvalue weighted by Gasteiger charge is -2.30. The van der Waals surface area contributed by atoms with E-state index in [0.29, 0.717) is 6.42 Å². The smallest absolute Gasteiger partial charge is 0.306 e. The van der Waals surface area contributed by atoms with Gasteiger partial charge in [0.05, 0.1) is 5.92 Å². The Bertz CT molecular complexity index is 1040. The maximum absolute atomic E-state index is 11.1. The van der Waals surface area contributed by atoms with Gasteiger partial charge in [-0.15, -0.1) is 0 Å². The molecule has 0 unspecified atom stereocenters. The molecule has 2 aromatic carbocycles. The van der Waals surface area contributed by atoms with Crippen LogP contribution >= 0.6 is 0 Å². The molecule has 1 aliphatic heterocycles. The number of aliphatic carboxylic acids is 1. The first kappa shape index (κ1) is 21.2. The molecule has 160 valence electrons. The van der Waals surface area contributed by atoms with Gasteiger partial charge in [0.2, 0.25) is 0 Å². The number of carboxylic acid groups (broad SMARTS) is 1. The molecule has 0 saturated carbocycles. The van der Waals surface area contributed by atoms with Gasteiger partial charge in [0.1, 0.15) is 5.82 Å². The molecule has 0 aliphatic carbocycles. The second-order valence-corrected chi connectivity index (χ2v) is 8.58. The minimum Gasteiger partial charge on any atom is -0.481 e. The molecule has 1 fully saturated rings. The number of aryl methyl sites for hydroxylation is 2. The third-order valence-electron chi connectivity index (χ3n) is 6.19. The van der Waals surface area contributed by atoms with Gasteiger partial charge in [-0.2, -0.15) is 0 Å². The Balaban J connectivity index is 1.37. The lowest BCUT2D eigenvalue weighted by Crippen LogP contribution is -2.35. The second kappa shape index (κ2) is 9.40. The molecule has 0 spiro atoms. The molecule has 3 aromatic rings. The molecule has 2 heterocycles. The van der Waals surface area contributed by atoms with Crippen molar-refractivity contribution in [2.24, 2.45) is 5.92 Å². The highest BCUT2D eigenvalue weighted by molar-refractivity contribution is 5.70. The lowest BCUT2D eigenvalue weighted by atomic mass is 9.96. The van der Waals surface area contributed by atoms with Crippen LogP contribution in [0.1, 0.15) is 40.9 Å². The van der Waals surface area contributed by atoms with Gasteiger partial charge in [0, 0.05) is 30.9 Å². The molecule has 5 nitrogen and oxygen atoms in total. The van der Waals surface area contributed by atoms with Crippen molar-refractivity contribution < 1.29 is 9.90 Å². The van der Waals surface area contributed by atoms with E-state index in [0.717, 1.165) is 49.4 Å². The van der Waals surface area contributed by atoms with Crippen molar-refractivity contribution in [3.63, 3.8) is 0 Å². The van der Waals surface area contributed by atoms with Crippen molar-refractivity contribution >= 4 is 5.97 Å². The van der Waals surface area contributed by atoms with E-state index < -0.39 is 5.97 Å². The standard InChI is InChI=1S/C26H29N3O2/c1-18-3-6-21(7-4-18)24-15-27-25(28-16-24)14-20-5-8-23(19(2)13-20)17-29-11-9-22(10-12-29)26(30)31/h3-8,13,15-16,22H,9-12,14,17H2,1-2H3,(H,30,31). The van der Waals surface area contributed by atoms with Gasteiger partial charge >= 0.3 is 5.97 Å². The number of carbonyl (C=O) groups is 1. The van der Waals surface area contributed by atoms with Crippen LogP contribution in [0.3, 0.4) is 0 Å². The van der Waals surface area contributed by atoms with E-state index in [4.69, 9.17) is 5.11 Å². The van der Waals surface area contributed by atoms with Crippen LogP contribution in [0, 0.1) is 19.8 Å². The lowest BCUT2D eigenvalue weighted by molar-refractivity contribution is -0.143. The average Bonchev–Trinajstić information content (AvgIpc) is 2.77. The van der Waals surface area contributed by atoms with Gasteiger partial charge in [0.25, 0.3) is 0 Å². The van der Waals surface area contributed by atoms with Crippen LogP contribution in [-0.2, 0) is 17.8 Å². The molecule has 0 bridgehead atoms. The first-order chi connectivity index (χ1) is 15.0. The fourth-order valence-corrected chi connectivity index (χ4v) is 4.15. The number of aromatic nitrogens is 2. The number of hydrogen-bond donors (Lipinski definition) is 1. The van der Waals surface area contributed by atoms with Crippen LogP contribution in [0.15, 0.2) is 54.9 Å². The van der Waals surface area contributed by atoms with Crippen LogP contribution in [0.5, 0.6) is 0 Å². The predicted octanol–water partition coefficient (Wildman–Crippen LogP) is 4.65. The molecule has 0 amide bonds. The number of likely N-dealkylation sites (tertiary alicyclic amines) is 1. The van der Waals surface area contributed by atoms with Crippen LogP contribution in [0.25, 0.3) is 11.1 Å². The zero-order chi connectivity index (χ0) is 21.8. The number of benzene rings is 2. The van der Waals surface area contributed by atoms with E-state index in [1.54, 1.807) is 0 Å². The summed E-state index contributed by atoms with van der Waals surface area (Å²) in [5.74, 6) is -0.0230. The summed E-state index contributed by atoms with van der Waals surface area (Å²) < 4.78 is 0. The van der Waals surface area contributed by atoms with Gasteiger partial charge in [-0.3, -0.25) is 9.69 Å². The van der Waals surface area contributed by atoms with Gasteiger partial charge in [-0.1, -0.05) is 48.0 Å². The molecule has 1 aromatic heterocycles. The first-order valence-corrected chi connectivity index (χ1v) is 10.9. The summed E-state index contributed by atoms with van der Waals surface area (Å²) in [5.41, 5.74) is 7.16. The van der Waals surface area contributed by atoms with Crippen LogP contribution in [-0.4, -0.2) is 39.0 Å². The van der Waals surface area contributed by atoms with Crippen molar-refractivity contribution in [1.29, 1.82) is 0 Å². The Kier molecular flexibility index (Phi) is 6.42. The minimum atomic E-state index is -0.658. The summed E-state index contributed by atoms with van der Waals surface area (Å²) in [6, 6.07) is 15.0. The molecule has 1 aliphatic rings. The Morgan fingerprint density at radius 1 is 1.00 bits per heavy atom. The summed E-state index contributed by atoms with van der Waals surface area (Å²) in [4.78, 5) is 22.6. The maximum atomic E-state index is 11.1. The minimum absolute atomic E-state index is 0.183. The third-order valence-corrected chi connectivity index (χ3v) is 6.19. The summed E-state index contributed by atoms with van der Waals surface area (Å²) in [5, 5.41) is 9.16. The van der Waals surface area contributed by atoms with E-state index in [9.17, 15) is 4.79 Å². The van der Waals surface area contributed by atoms with Gasteiger partial charge in [0.15, 0.2) is 0 Å². The van der Waals surface area contributed by atoms with E-state index in [2.05, 4.69) is 71.2 Å². The monoisotopic (exact) mass is 415 g/mol. The molecule has 1 N–H and O–H groups in total. The molecular weight excluding hydrogens is 386 g/mol. The van der Waals surface area contributed by atoms with Gasteiger partial charge < -0.3 is 5.11 Å². The first-order valence-electron chi connectivity index (χ1n) is 10.9. The Hall–Kier alpha value is -3.05. The molecule has 1 saturated heterocycles. The second-order valence-electron chi connectivity index (χ2n) is 8.58. The molecule has 0 radical (unpaired) electrons. The quantitative estimate of drug-likeness (QED) is 0.635. The highest BCUT2D eigenvalue weighted by atomic mass is 16.4. The number of carboxylic acids is 1. The van der Waals surface area contributed by atoms with Crippen molar-refractivity contribution in [2.45, 2.75) is 39.7 Å². The van der Waals surface area contributed by atoms with Crippen molar-refractivity contribution in [3.8, 4) is 11.1 Å².